The van der Waals surface area contributed by atoms with Gasteiger partial charge in [-0.3, -0.25) is 9.80 Å². The lowest BCUT2D eigenvalue weighted by molar-refractivity contribution is 0.0608. The maximum atomic E-state index is 6.10. The molecule has 2 atom stereocenters. The molecule has 0 saturated carbocycles. The number of para-hydroxylation sites is 1. The zero-order valence-corrected chi connectivity index (χ0v) is 13.0. The van der Waals surface area contributed by atoms with E-state index in [1.165, 1.54) is 10.9 Å². The highest BCUT2D eigenvalue weighted by atomic mass is 16.3. The van der Waals surface area contributed by atoms with Crippen molar-refractivity contribution >= 4 is 11.0 Å². The van der Waals surface area contributed by atoms with Crippen molar-refractivity contribution in [3.05, 3.63) is 36.1 Å². The van der Waals surface area contributed by atoms with E-state index < -0.39 is 0 Å². The van der Waals surface area contributed by atoms with Gasteiger partial charge in [0.15, 0.2) is 0 Å². The number of fused-ring (bicyclic) bond motifs is 1. The first-order valence-corrected chi connectivity index (χ1v) is 7.89. The highest BCUT2D eigenvalue weighted by Crippen LogP contribution is 2.30. The van der Waals surface area contributed by atoms with Gasteiger partial charge in [-0.15, -0.1) is 0 Å². The van der Waals surface area contributed by atoms with Crippen molar-refractivity contribution < 1.29 is 4.42 Å². The zero-order valence-electron chi connectivity index (χ0n) is 13.0. The Kier molecular flexibility index (Phi) is 4.29. The molecule has 0 radical (unpaired) electrons. The second-order valence-corrected chi connectivity index (χ2v) is 5.91. The largest absolute Gasteiger partial charge is 0.464 e. The summed E-state index contributed by atoms with van der Waals surface area (Å²) in [6.07, 6.45) is 1.89. The second-order valence-electron chi connectivity index (χ2n) is 5.91. The van der Waals surface area contributed by atoms with Gasteiger partial charge in [0, 0.05) is 43.2 Å². The van der Waals surface area contributed by atoms with Crippen molar-refractivity contribution in [1.29, 1.82) is 0 Å². The molecule has 114 valence electrons. The van der Waals surface area contributed by atoms with Gasteiger partial charge in [-0.2, -0.15) is 0 Å². The van der Waals surface area contributed by atoms with E-state index in [1.54, 1.807) is 0 Å². The number of likely N-dealkylation sites (N-methyl/N-ethyl adjacent to an activating group) is 1. The average molecular weight is 287 g/mol. The first-order valence-electron chi connectivity index (χ1n) is 7.89. The summed E-state index contributed by atoms with van der Waals surface area (Å²) in [7, 11) is 0. The van der Waals surface area contributed by atoms with E-state index in [9.17, 15) is 0 Å². The molecular formula is C17H25N3O. The fourth-order valence-electron chi connectivity index (χ4n) is 3.51. The summed E-state index contributed by atoms with van der Waals surface area (Å²) in [4.78, 5) is 5.03. The minimum Gasteiger partial charge on any atom is -0.464 e. The van der Waals surface area contributed by atoms with E-state index in [4.69, 9.17) is 10.2 Å². The van der Waals surface area contributed by atoms with Gasteiger partial charge in [0.05, 0.1) is 12.3 Å². The van der Waals surface area contributed by atoms with Crippen LogP contribution in [0.15, 0.2) is 34.9 Å². The number of benzene rings is 1. The summed E-state index contributed by atoms with van der Waals surface area (Å²) in [6.45, 7) is 9.53. The maximum Gasteiger partial charge on any atom is 0.134 e. The van der Waals surface area contributed by atoms with Gasteiger partial charge in [0.2, 0.25) is 0 Å². The van der Waals surface area contributed by atoms with Crippen molar-refractivity contribution in [2.75, 3.05) is 32.7 Å². The average Bonchev–Trinajstić information content (AvgIpc) is 2.93. The van der Waals surface area contributed by atoms with E-state index in [1.807, 2.05) is 18.4 Å². The lowest BCUT2D eigenvalue weighted by Gasteiger charge is -2.42. The third kappa shape index (κ3) is 2.71. The van der Waals surface area contributed by atoms with Crippen molar-refractivity contribution in [3.8, 4) is 0 Å². The van der Waals surface area contributed by atoms with Crippen LogP contribution in [-0.4, -0.2) is 48.6 Å². The molecule has 0 spiro atoms. The third-order valence-electron chi connectivity index (χ3n) is 4.74. The van der Waals surface area contributed by atoms with Gasteiger partial charge in [-0.25, -0.2) is 0 Å². The van der Waals surface area contributed by atoms with Crippen LogP contribution in [0.3, 0.4) is 0 Å². The molecule has 4 nitrogen and oxygen atoms in total. The lowest BCUT2D eigenvalue weighted by atomic mass is 10.0. The van der Waals surface area contributed by atoms with Crippen LogP contribution >= 0.6 is 0 Å². The van der Waals surface area contributed by atoms with Crippen LogP contribution < -0.4 is 5.73 Å². The number of furan rings is 1. The smallest absolute Gasteiger partial charge is 0.134 e. The van der Waals surface area contributed by atoms with E-state index in [0.717, 1.165) is 31.8 Å². The number of nitrogens with zero attached hydrogens (tertiary/aromatic N) is 2. The summed E-state index contributed by atoms with van der Waals surface area (Å²) >= 11 is 0. The van der Waals surface area contributed by atoms with Crippen LogP contribution in [0.1, 0.15) is 25.5 Å². The minimum absolute atomic E-state index is 0.245. The zero-order chi connectivity index (χ0) is 14.8. The molecule has 1 fully saturated rings. The van der Waals surface area contributed by atoms with E-state index in [2.05, 4.69) is 35.8 Å². The van der Waals surface area contributed by atoms with Crippen molar-refractivity contribution in [2.24, 2.45) is 5.73 Å². The van der Waals surface area contributed by atoms with Gasteiger partial charge in [-0.05, 0) is 19.5 Å². The first-order chi connectivity index (χ1) is 10.2. The fourth-order valence-corrected chi connectivity index (χ4v) is 3.51. The SMILES string of the molecule is CCN1CCN(C(CN)c2coc3ccccc23)CC1C. The van der Waals surface area contributed by atoms with E-state index >= 15 is 0 Å². The van der Waals surface area contributed by atoms with E-state index in [-0.39, 0.29) is 6.04 Å². The monoisotopic (exact) mass is 287 g/mol. The summed E-state index contributed by atoms with van der Waals surface area (Å²) in [5, 5.41) is 1.19. The molecule has 2 aromatic rings. The molecule has 1 aliphatic heterocycles. The van der Waals surface area contributed by atoms with Crippen LogP contribution in [0.2, 0.25) is 0 Å². The molecule has 2 N–H and O–H groups in total. The van der Waals surface area contributed by atoms with Crippen molar-refractivity contribution in [2.45, 2.75) is 25.9 Å². The van der Waals surface area contributed by atoms with Gasteiger partial charge in [0.1, 0.15) is 5.58 Å². The normalized spacial score (nSPS) is 22.7. The molecule has 21 heavy (non-hydrogen) atoms. The Morgan fingerprint density at radius 2 is 2.14 bits per heavy atom. The lowest BCUT2D eigenvalue weighted by Crippen LogP contribution is -2.53. The highest BCUT2D eigenvalue weighted by Gasteiger charge is 2.29. The number of nitrogens with two attached hydrogens (primary N) is 1. The summed E-state index contributed by atoms with van der Waals surface area (Å²) in [5.41, 5.74) is 8.28. The molecule has 0 bridgehead atoms. The molecule has 2 unspecified atom stereocenters. The van der Waals surface area contributed by atoms with E-state index in [0.29, 0.717) is 12.6 Å². The third-order valence-corrected chi connectivity index (χ3v) is 4.74. The van der Waals surface area contributed by atoms with Crippen molar-refractivity contribution in [1.82, 2.24) is 9.80 Å². The molecule has 0 aliphatic carbocycles. The van der Waals surface area contributed by atoms with Gasteiger partial charge < -0.3 is 10.2 Å². The van der Waals surface area contributed by atoms with Crippen LogP contribution in [0.4, 0.5) is 0 Å². The highest BCUT2D eigenvalue weighted by molar-refractivity contribution is 5.81. The quantitative estimate of drug-likeness (QED) is 0.938. The van der Waals surface area contributed by atoms with Gasteiger partial charge >= 0.3 is 0 Å². The molecule has 1 aliphatic rings. The molecule has 3 rings (SSSR count). The second kappa shape index (κ2) is 6.18. The van der Waals surface area contributed by atoms with Crippen molar-refractivity contribution in [3.63, 3.8) is 0 Å². The fraction of sp³-hybridized carbons (Fsp3) is 0.529. The molecule has 1 aromatic heterocycles. The predicted octanol–water partition coefficient (Wildman–Crippen LogP) is 2.46. The molecule has 1 aromatic carbocycles. The molecule has 0 amide bonds. The van der Waals surface area contributed by atoms with Crippen LogP contribution in [0.25, 0.3) is 11.0 Å². The Morgan fingerprint density at radius 3 is 2.86 bits per heavy atom. The molecule has 1 saturated heterocycles. The summed E-state index contributed by atoms with van der Waals surface area (Å²) in [5.74, 6) is 0. The molecule has 4 heteroatoms. The Morgan fingerprint density at radius 1 is 1.33 bits per heavy atom. The topological polar surface area (TPSA) is 45.6 Å². The van der Waals surface area contributed by atoms with Crippen LogP contribution in [0.5, 0.6) is 0 Å². The Labute approximate surface area is 126 Å². The number of piperazine rings is 1. The van der Waals surface area contributed by atoms with Gasteiger partial charge in [-0.1, -0.05) is 25.1 Å². The van der Waals surface area contributed by atoms with Gasteiger partial charge in [0.25, 0.3) is 0 Å². The summed E-state index contributed by atoms with van der Waals surface area (Å²) < 4.78 is 5.70. The minimum atomic E-state index is 0.245. The first kappa shape index (κ1) is 14.6. The number of rotatable bonds is 4. The molecular weight excluding hydrogens is 262 g/mol. The van der Waals surface area contributed by atoms with Crippen LogP contribution in [0, 0.1) is 0 Å². The summed E-state index contributed by atoms with van der Waals surface area (Å²) in [6, 6.07) is 9.04. The Hall–Kier alpha value is -1.36. The molecule has 2 heterocycles. The number of hydrogen-bond acceptors (Lipinski definition) is 4. The Bertz CT molecular complexity index is 594. The number of hydrogen-bond donors (Lipinski definition) is 1. The standard InChI is InChI=1S/C17H25N3O/c1-3-19-8-9-20(11-13(19)2)16(10-18)15-12-21-17-7-5-4-6-14(15)17/h4-7,12-13,16H,3,8-11,18H2,1-2H3. The Balaban J connectivity index is 1.85. The predicted molar refractivity (Wildman–Crippen MR) is 86.3 cm³/mol. The maximum absolute atomic E-state index is 6.10. The van der Waals surface area contributed by atoms with Crippen LogP contribution in [-0.2, 0) is 0 Å².